The molecule has 2 saturated heterocycles. The quantitative estimate of drug-likeness (QED) is 0.237. The smallest absolute Gasteiger partial charge is 0.404 e. The number of benzene rings is 1. The number of phosphoric acid groups is 1. The summed E-state index contributed by atoms with van der Waals surface area (Å²) in [5.74, 6) is 0.222. The summed E-state index contributed by atoms with van der Waals surface area (Å²) >= 11 is 0. The Bertz CT molecular complexity index is 1700. The fraction of sp³-hybridized carbons (Fsp3) is 0.533. The van der Waals surface area contributed by atoms with Crippen LogP contribution in [-0.4, -0.2) is 69.9 Å². The lowest BCUT2D eigenvalue weighted by Gasteiger charge is -2.25. The summed E-state index contributed by atoms with van der Waals surface area (Å²) in [7, 11) is -4.37. The van der Waals surface area contributed by atoms with E-state index in [0.29, 0.717) is 24.3 Å². The fourth-order valence-corrected chi connectivity index (χ4v) is 6.67. The number of nitrogens with zero attached hydrogens (tertiary/aromatic N) is 2. The summed E-state index contributed by atoms with van der Waals surface area (Å²) in [5.41, 5.74) is -1.60. The molecule has 2 fully saturated rings. The van der Waals surface area contributed by atoms with Crippen molar-refractivity contribution >= 4 is 7.82 Å². The zero-order chi connectivity index (χ0) is 33.7. The number of hydrogen-bond acceptors (Lipinski definition) is 12. The maximum absolute atomic E-state index is 14.2. The highest BCUT2D eigenvalue weighted by Crippen LogP contribution is 2.51. The molecule has 0 unspecified atom stereocenters. The molecule has 0 bridgehead atoms. The van der Waals surface area contributed by atoms with Crippen LogP contribution in [-0.2, 0) is 32.6 Å². The van der Waals surface area contributed by atoms with Crippen LogP contribution in [0.1, 0.15) is 50.3 Å². The van der Waals surface area contributed by atoms with Crippen molar-refractivity contribution in [2.24, 2.45) is 0 Å². The van der Waals surface area contributed by atoms with E-state index in [9.17, 15) is 23.7 Å². The molecule has 4 heterocycles. The van der Waals surface area contributed by atoms with Crippen LogP contribution in [0.15, 0.2) is 61.9 Å². The highest BCUT2D eigenvalue weighted by Gasteiger charge is 2.43. The number of para-hydroxylation sites is 1. The maximum atomic E-state index is 14.2. The molecule has 3 aromatic rings. The molecular weight excluding hydrogens is 639 g/mol. The number of H-pyrrole nitrogens is 2. The molecular formula is C30H39N4O12P. The van der Waals surface area contributed by atoms with E-state index in [1.165, 1.54) is 21.5 Å². The van der Waals surface area contributed by atoms with Crippen LogP contribution >= 0.6 is 7.82 Å². The average Bonchev–Trinajstić information content (AvgIpc) is 3.63. The summed E-state index contributed by atoms with van der Waals surface area (Å²) in [6.45, 7) is 6.84. The van der Waals surface area contributed by atoms with Crippen LogP contribution in [0.5, 0.6) is 5.75 Å². The summed E-state index contributed by atoms with van der Waals surface area (Å²) < 4.78 is 58.1. The van der Waals surface area contributed by atoms with E-state index in [-0.39, 0.29) is 31.8 Å². The number of aryl methyl sites for hydroxylation is 2. The molecule has 2 aliphatic heterocycles. The minimum absolute atomic E-state index is 0.222. The van der Waals surface area contributed by atoms with Gasteiger partial charge in [-0.2, -0.15) is 0 Å². The SMILES string of the molecule is CCO[C@H]1C[C@H](n2cc(C)c(=O)[nH]c2=O)O[C@@H]1COP(=O)(OC[C@H]1O[C@@H](n2cc(C)c(=O)[nH]c2=O)C[C@@H]1OCC)Oc1ccccc1. The van der Waals surface area contributed by atoms with Crippen molar-refractivity contribution in [1.82, 2.24) is 19.1 Å². The second-order valence-corrected chi connectivity index (χ2v) is 12.7. The summed E-state index contributed by atoms with van der Waals surface area (Å²) in [4.78, 5) is 53.4. The molecule has 47 heavy (non-hydrogen) atoms. The Morgan fingerprint density at radius 2 is 1.21 bits per heavy atom. The van der Waals surface area contributed by atoms with Gasteiger partial charge in [-0.15, -0.1) is 0 Å². The van der Waals surface area contributed by atoms with Crippen LogP contribution in [0.3, 0.4) is 0 Å². The summed E-state index contributed by atoms with van der Waals surface area (Å²) in [6.07, 6.45) is -0.882. The third kappa shape index (κ3) is 8.27. The molecule has 16 nitrogen and oxygen atoms in total. The third-order valence-electron chi connectivity index (χ3n) is 7.79. The summed E-state index contributed by atoms with van der Waals surface area (Å²) in [6, 6.07) is 8.33. The van der Waals surface area contributed by atoms with Gasteiger partial charge in [0.15, 0.2) is 0 Å². The second kappa shape index (κ2) is 15.1. The van der Waals surface area contributed by atoms with Crippen molar-refractivity contribution in [1.29, 1.82) is 0 Å². The highest BCUT2D eigenvalue weighted by atomic mass is 31.2. The molecule has 17 heteroatoms. The van der Waals surface area contributed by atoms with Gasteiger partial charge < -0.3 is 23.5 Å². The second-order valence-electron chi connectivity index (χ2n) is 11.1. The normalized spacial score (nSPS) is 24.5. The molecule has 2 aliphatic rings. The van der Waals surface area contributed by atoms with Crippen molar-refractivity contribution in [2.75, 3.05) is 26.4 Å². The van der Waals surface area contributed by atoms with Gasteiger partial charge in [0.25, 0.3) is 11.1 Å². The predicted molar refractivity (Wildman–Crippen MR) is 167 cm³/mol. The van der Waals surface area contributed by atoms with Crippen molar-refractivity contribution in [3.8, 4) is 5.75 Å². The molecule has 0 aliphatic carbocycles. The number of aromatic nitrogens is 4. The Kier molecular flexibility index (Phi) is 11.1. The first-order chi connectivity index (χ1) is 22.5. The zero-order valence-corrected chi connectivity index (χ0v) is 27.4. The van der Waals surface area contributed by atoms with Gasteiger partial charge in [-0.1, -0.05) is 18.2 Å². The van der Waals surface area contributed by atoms with Crippen molar-refractivity contribution in [3.05, 3.63) is 95.5 Å². The van der Waals surface area contributed by atoms with Crippen LogP contribution in [0.25, 0.3) is 0 Å². The number of ether oxygens (including phenoxy) is 4. The Morgan fingerprint density at radius 1 is 0.766 bits per heavy atom. The molecule has 256 valence electrons. The van der Waals surface area contributed by atoms with Crippen molar-refractivity contribution in [2.45, 2.75) is 77.4 Å². The molecule has 5 rings (SSSR count). The third-order valence-corrected chi connectivity index (χ3v) is 9.15. The van der Waals surface area contributed by atoms with Crippen molar-refractivity contribution < 1.29 is 37.1 Å². The molecule has 0 radical (unpaired) electrons. The van der Waals surface area contributed by atoms with Gasteiger partial charge in [-0.25, -0.2) is 14.2 Å². The molecule has 0 saturated carbocycles. The minimum atomic E-state index is -4.37. The van der Waals surface area contributed by atoms with Crippen LogP contribution in [0, 0.1) is 13.8 Å². The van der Waals surface area contributed by atoms with E-state index in [2.05, 4.69) is 9.97 Å². The van der Waals surface area contributed by atoms with Gasteiger partial charge in [0.1, 0.15) is 30.4 Å². The van der Waals surface area contributed by atoms with Gasteiger partial charge >= 0.3 is 19.2 Å². The molecule has 0 spiro atoms. The summed E-state index contributed by atoms with van der Waals surface area (Å²) in [5, 5.41) is 0. The first-order valence-corrected chi connectivity index (χ1v) is 16.8. The minimum Gasteiger partial charge on any atom is -0.404 e. The first kappa shape index (κ1) is 34.7. The molecule has 0 amide bonds. The van der Waals surface area contributed by atoms with E-state index in [0.717, 1.165) is 0 Å². The Balaban J connectivity index is 1.33. The lowest BCUT2D eigenvalue weighted by atomic mass is 10.2. The van der Waals surface area contributed by atoms with E-state index >= 15 is 0 Å². The zero-order valence-electron chi connectivity index (χ0n) is 26.5. The predicted octanol–water partition coefficient (Wildman–Crippen LogP) is 2.31. The Hall–Kier alpha value is -3.63. The van der Waals surface area contributed by atoms with Gasteiger partial charge in [0, 0.05) is 49.6 Å². The van der Waals surface area contributed by atoms with E-state index in [4.69, 9.17) is 32.5 Å². The standard InChI is InChI=1S/C30H39N4O12P/c1-5-40-21-12-25(33-14-18(3)27(35)31-29(33)37)44-23(21)16-42-47(39,46-20-10-8-7-9-11-20)43-17-24-22(41-6-2)13-26(45-24)34-15-19(4)28(36)32-30(34)38/h7-11,14-15,21-26H,5-6,12-13,16-17H2,1-4H3,(H,31,35,37)(H,32,36,38)/t21-,22-,23+,24+,25+,26+/m0/s1. The number of phosphoric ester groups is 1. The molecule has 6 atom stereocenters. The monoisotopic (exact) mass is 678 g/mol. The lowest BCUT2D eigenvalue weighted by Crippen LogP contribution is -2.33. The maximum Gasteiger partial charge on any atom is 0.530 e. The largest absolute Gasteiger partial charge is 0.530 e. The number of nitrogens with one attached hydrogen (secondary N) is 2. The van der Waals surface area contributed by atoms with E-state index < -0.39 is 67.2 Å². The van der Waals surface area contributed by atoms with E-state index in [1.807, 2.05) is 0 Å². The number of rotatable bonds is 14. The van der Waals surface area contributed by atoms with Crippen molar-refractivity contribution in [3.63, 3.8) is 0 Å². The number of hydrogen-bond donors (Lipinski definition) is 2. The Labute approximate surface area is 269 Å². The van der Waals surface area contributed by atoms with Crippen LogP contribution in [0.4, 0.5) is 0 Å². The topological polar surface area (TPSA) is 191 Å². The number of aromatic amines is 2. The average molecular weight is 679 g/mol. The molecule has 2 aromatic heterocycles. The highest BCUT2D eigenvalue weighted by molar-refractivity contribution is 7.48. The Morgan fingerprint density at radius 3 is 1.64 bits per heavy atom. The van der Waals surface area contributed by atoms with Gasteiger partial charge in [0.2, 0.25) is 0 Å². The van der Waals surface area contributed by atoms with E-state index in [1.54, 1.807) is 58.0 Å². The first-order valence-electron chi connectivity index (χ1n) is 15.3. The fourth-order valence-electron chi connectivity index (χ4n) is 5.45. The van der Waals surface area contributed by atoms with Gasteiger partial charge in [-0.3, -0.25) is 37.7 Å². The van der Waals surface area contributed by atoms with Crippen LogP contribution < -0.4 is 27.0 Å². The molecule has 2 N–H and O–H groups in total. The van der Waals surface area contributed by atoms with Gasteiger partial charge in [-0.05, 0) is 39.8 Å². The van der Waals surface area contributed by atoms with Crippen LogP contribution in [0.2, 0.25) is 0 Å². The molecule has 1 aromatic carbocycles. The lowest BCUT2D eigenvalue weighted by molar-refractivity contribution is -0.0705. The van der Waals surface area contributed by atoms with Gasteiger partial charge in [0.05, 0.1) is 25.4 Å².